The van der Waals surface area contributed by atoms with E-state index in [0.717, 1.165) is 11.1 Å². The number of benzene rings is 2. The molecule has 0 spiro atoms. The normalized spacial score (nSPS) is 20.8. The molecule has 0 saturated carbocycles. The minimum absolute atomic E-state index is 0.0323. The highest BCUT2D eigenvalue weighted by molar-refractivity contribution is 5.81. The Labute approximate surface area is 159 Å². The van der Waals surface area contributed by atoms with Crippen molar-refractivity contribution in [3.8, 4) is 0 Å². The van der Waals surface area contributed by atoms with Crippen LogP contribution in [0.4, 0.5) is 4.39 Å². The molecule has 0 unspecified atom stereocenters. The molecule has 2 aromatic carbocycles. The number of carbonyl (C=O) groups is 2. The van der Waals surface area contributed by atoms with Crippen molar-refractivity contribution in [3.63, 3.8) is 0 Å². The number of hydrogen-bond donors (Lipinski definition) is 1. The van der Waals surface area contributed by atoms with Crippen molar-refractivity contribution in [2.45, 2.75) is 38.8 Å². The Kier molecular flexibility index (Phi) is 5.89. The van der Waals surface area contributed by atoms with Gasteiger partial charge in [0.2, 0.25) is 11.8 Å². The predicted molar refractivity (Wildman–Crippen MR) is 102 cm³/mol. The molecule has 0 aromatic heterocycles. The van der Waals surface area contributed by atoms with Crippen molar-refractivity contribution >= 4 is 11.8 Å². The van der Waals surface area contributed by atoms with E-state index < -0.39 is 0 Å². The van der Waals surface area contributed by atoms with Gasteiger partial charge in [0, 0.05) is 13.5 Å². The van der Waals surface area contributed by atoms with Crippen molar-refractivity contribution in [1.29, 1.82) is 0 Å². The predicted octanol–water partition coefficient (Wildman–Crippen LogP) is 4.00. The molecule has 3 atom stereocenters. The van der Waals surface area contributed by atoms with E-state index in [9.17, 15) is 14.0 Å². The standard InChI is InChI=1S/C22H25FN2O2/c1-15(17-6-4-3-5-7-17)24-22(27)19-10-13-21(25(14-19)16(2)26)18-8-11-20(23)12-9-18/h3-9,11-12,15,19,21H,10,13-14H2,1-2H3,(H,24,27)/t15-,19-,21+/m1/s1. The van der Waals surface area contributed by atoms with Crippen molar-refractivity contribution in [3.05, 3.63) is 71.5 Å². The third-order valence-corrected chi connectivity index (χ3v) is 5.27. The van der Waals surface area contributed by atoms with Gasteiger partial charge in [0.25, 0.3) is 0 Å². The van der Waals surface area contributed by atoms with Crippen LogP contribution in [0.3, 0.4) is 0 Å². The fourth-order valence-corrected chi connectivity index (χ4v) is 3.72. The van der Waals surface area contributed by atoms with Crippen LogP contribution in [0.5, 0.6) is 0 Å². The minimum Gasteiger partial charge on any atom is -0.349 e. The SMILES string of the molecule is CC(=O)N1C[C@H](C(=O)N[C@H](C)c2ccccc2)CC[C@H]1c1ccc(F)cc1. The van der Waals surface area contributed by atoms with Crippen molar-refractivity contribution < 1.29 is 14.0 Å². The van der Waals surface area contributed by atoms with E-state index in [0.29, 0.717) is 19.4 Å². The average Bonchev–Trinajstić information content (AvgIpc) is 2.68. The molecular weight excluding hydrogens is 343 g/mol. The van der Waals surface area contributed by atoms with E-state index in [1.54, 1.807) is 17.0 Å². The van der Waals surface area contributed by atoms with Crippen LogP contribution in [0.1, 0.15) is 49.9 Å². The largest absolute Gasteiger partial charge is 0.349 e. The van der Waals surface area contributed by atoms with Gasteiger partial charge in [-0.05, 0) is 43.0 Å². The molecule has 0 aliphatic carbocycles. The lowest BCUT2D eigenvalue weighted by Crippen LogP contribution is -2.46. The summed E-state index contributed by atoms with van der Waals surface area (Å²) in [4.78, 5) is 26.7. The van der Waals surface area contributed by atoms with E-state index in [2.05, 4.69) is 5.32 Å². The molecule has 2 amide bonds. The Balaban J connectivity index is 1.68. The molecule has 1 saturated heterocycles. The summed E-state index contributed by atoms with van der Waals surface area (Å²) in [5.74, 6) is -0.638. The maximum absolute atomic E-state index is 13.2. The van der Waals surface area contributed by atoms with E-state index in [1.165, 1.54) is 19.1 Å². The Morgan fingerprint density at radius 1 is 1.07 bits per heavy atom. The molecular formula is C22H25FN2O2. The second-order valence-corrected chi connectivity index (χ2v) is 7.15. The first kappa shape index (κ1) is 19.1. The molecule has 142 valence electrons. The number of rotatable bonds is 4. The summed E-state index contributed by atoms with van der Waals surface area (Å²) >= 11 is 0. The first-order chi connectivity index (χ1) is 13.0. The van der Waals surface area contributed by atoms with Gasteiger partial charge in [0.05, 0.1) is 18.0 Å². The second-order valence-electron chi connectivity index (χ2n) is 7.15. The number of amides is 2. The third kappa shape index (κ3) is 4.54. The van der Waals surface area contributed by atoms with E-state index >= 15 is 0 Å². The highest BCUT2D eigenvalue weighted by atomic mass is 19.1. The molecule has 3 rings (SSSR count). The zero-order valence-corrected chi connectivity index (χ0v) is 15.7. The molecule has 0 bridgehead atoms. The summed E-state index contributed by atoms with van der Waals surface area (Å²) in [5.41, 5.74) is 1.96. The molecule has 1 aliphatic rings. The Morgan fingerprint density at radius 2 is 1.74 bits per heavy atom. The minimum atomic E-state index is -0.295. The smallest absolute Gasteiger partial charge is 0.225 e. The maximum Gasteiger partial charge on any atom is 0.225 e. The van der Waals surface area contributed by atoms with Crippen molar-refractivity contribution in [1.82, 2.24) is 10.2 Å². The van der Waals surface area contributed by atoms with Crippen molar-refractivity contribution in [2.24, 2.45) is 5.92 Å². The lowest BCUT2D eigenvalue weighted by Gasteiger charge is -2.39. The number of hydrogen-bond acceptors (Lipinski definition) is 2. The van der Waals surface area contributed by atoms with E-state index in [1.807, 2.05) is 37.3 Å². The Bertz CT molecular complexity index is 792. The summed E-state index contributed by atoms with van der Waals surface area (Å²) in [7, 11) is 0. The van der Waals surface area contributed by atoms with Crippen molar-refractivity contribution in [2.75, 3.05) is 6.54 Å². The van der Waals surface area contributed by atoms with Crippen LogP contribution in [0.2, 0.25) is 0 Å². The Hall–Kier alpha value is -2.69. The first-order valence-electron chi connectivity index (χ1n) is 9.33. The molecule has 1 aliphatic heterocycles. The number of nitrogens with one attached hydrogen (secondary N) is 1. The molecule has 4 nitrogen and oxygen atoms in total. The second kappa shape index (κ2) is 8.33. The summed E-state index contributed by atoms with van der Waals surface area (Å²) < 4.78 is 13.2. The zero-order valence-electron chi connectivity index (χ0n) is 15.7. The summed E-state index contributed by atoms with van der Waals surface area (Å²) in [6.07, 6.45) is 1.38. The molecule has 1 fully saturated rings. The van der Waals surface area contributed by atoms with Crippen LogP contribution < -0.4 is 5.32 Å². The molecule has 2 aromatic rings. The fourth-order valence-electron chi connectivity index (χ4n) is 3.72. The average molecular weight is 368 g/mol. The van der Waals surface area contributed by atoms with Gasteiger partial charge in [-0.1, -0.05) is 42.5 Å². The quantitative estimate of drug-likeness (QED) is 0.887. The summed E-state index contributed by atoms with van der Waals surface area (Å²) in [6, 6.07) is 15.9. The van der Waals surface area contributed by atoms with Gasteiger partial charge in [-0.3, -0.25) is 9.59 Å². The highest BCUT2D eigenvalue weighted by Gasteiger charge is 2.34. The number of carbonyl (C=O) groups excluding carboxylic acids is 2. The monoisotopic (exact) mass is 368 g/mol. The van der Waals surface area contributed by atoms with Gasteiger partial charge in [-0.25, -0.2) is 4.39 Å². The number of piperidine rings is 1. The number of nitrogens with zero attached hydrogens (tertiary/aromatic N) is 1. The van der Waals surface area contributed by atoms with Gasteiger partial charge in [0.1, 0.15) is 5.82 Å². The topological polar surface area (TPSA) is 49.4 Å². The van der Waals surface area contributed by atoms with Crippen LogP contribution >= 0.6 is 0 Å². The molecule has 27 heavy (non-hydrogen) atoms. The Morgan fingerprint density at radius 3 is 2.37 bits per heavy atom. The zero-order chi connectivity index (χ0) is 19.4. The lowest BCUT2D eigenvalue weighted by molar-refractivity contribution is -0.137. The molecule has 5 heteroatoms. The van der Waals surface area contributed by atoms with Crippen LogP contribution in [-0.4, -0.2) is 23.3 Å². The van der Waals surface area contributed by atoms with Gasteiger partial charge in [-0.15, -0.1) is 0 Å². The summed E-state index contributed by atoms with van der Waals surface area (Å²) in [6.45, 7) is 3.86. The number of likely N-dealkylation sites (tertiary alicyclic amines) is 1. The van der Waals surface area contributed by atoms with Crippen LogP contribution in [0, 0.1) is 11.7 Å². The molecule has 0 radical (unpaired) electrons. The third-order valence-electron chi connectivity index (χ3n) is 5.27. The van der Waals surface area contributed by atoms with Gasteiger partial charge in [-0.2, -0.15) is 0 Å². The maximum atomic E-state index is 13.2. The van der Waals surface area contributed by atoms with Gasteiger partial charge >= 0.3 is 0 Å². The fraction of sp³-hybridized carbons (Fsp3) is 0.364. The van der Waals surface area contributed by atoms with Crippen LogP contribution in [0.15, 0.2) is 54.6 Å². The van der Waals surface area contributed by atoms with Crippen LogP contribution in [0.25, 0.3) is 0 Å². The van der Waals surface area contributed by atoms with E-state index in [-0.39, 0.29) is 35.6 Å². The van der Waals surface area contributed by atoms with Gasteiger partial charge < -0.3 is 10.2 Å². The van der Waals surface area contributed by atoms with Gasteiger partial charge in [0.15, 0.2) is 0 Å². The van der Waals surface area contributed by atoms with E-state index in [4.69, 9.17) is 0 Å². The summed E-state index contributed by atoms with van der Waals surface area (Å²) in [5, 5.41) is 3.06. The van der Waals surface area contributed by atoms with Crippen LogP contribution in [-0.2, 0) is 9.59 Å². The molecule has 1 N–H and O–H groups in total. The lowest BCUT2D eigenvalue weighted by atomic mass is 9.88. The molecule has 1 heterocycles. The number of halogens is 1. The first-order valence-corrected chi connectivity index (χ1v) is 9.33. The highest BCUT2D eigenvalue weighted by Crippen LogP contribution is 2.34.